The number of fused-ring (bicyclic) bond motifs is 1. The first-order valence-corrected chi connectivity index (χ1v) is 16.8. The van der Waals surface area contributed by atoms with Crippen molar-refractivity contribution in [1.82, 2.24) is 4.90 Å². The van der Waals surface area contributed by atoms with Crippen LogP contribution in [-0.2, 0) is 33.8 Å². The molecule has 9 nitrogen and oxygen atoms in total. The number of ether oxygens (including phenoxy) is 3. The van der Waals surface area contributed by atoms with Crippen LogP contribution in [0.15, 0.2) is 41.3 Å². The molecule has 0 bridgehead atoms. The number of halogens is 2. The lowest BCUT2D eigenvalue weighted by Crippen LogP contribution is -2.36. The maximum absolute atomic E-state index is 13.2. The van der Waals surface area contributed by atoms with Crippen LogP contribution in [0.2, 0.25) is 10.0 Å². The molecule has 2 heterocycles. The van der Waals surface area contributed by atoms with Gasteiger partial charge < -0.3 is 19.5 Å². The summed E-state index contributed by atoms with van der Waals surface area (Å²) in [5, 5.41) is 3.58. The van der Waals surface area contributed by atoms with Crippen LogP contribution >= 0.6 is 46.3 Å². The number of thioether (sulfide) groups is 1. The molecule has 2 aliphatic rings. The lowest BCUT2D eigenvalue weighted by atomic mass is 9.95. The first-order chi connectivity index (χ1) is 21.7. The van der Waals surface area contributed by atoms with Crippen LogP contribution in [0.1, 0.15) is 58.6 Å². The molecule has 0 saturated carbocycles. The van der Waals surface area contributed by atoms with Gasteiger partial charge in [0.2, 0.25) is 5.91 Å². The van der Waals surface area contributed by atoms with Gasteiger partial charge in [0.15, 0.2) is 11.5 Å². The van der Waals surface area contributed by atoms with Crippen molar-refractivity contribution in [3.05, 3.63) is 78.5 Å². The number of hydrogen-bond donors (Lipinski definition) is 1. The predicted molar refractivity (Wildman–Crippen MR) is 177 cm³/mol. The van der Waals surface area contributed by atoms with Crippen molar-refractivity contribution in [1.29, 1.82) is 0 Å². The Labute approximate surface area is 278 Å². The van der Waals surface area contributed by atoms with Crippen molar-refractivity contribution in [2.45, 2.75) is 46.1 Å². The monoisotopic (exact) mass is 688 g/mol. The molecule has 0 radical (unpaired) electrons. The highest BCUT2D eigenvalue weighted by molar-refractivity contribution is 8.18. The number of thiophene rings is 1. The van der Waals surface area contributed by atoms with E-state index in [2.05, 4.69) is 5.32 Å². The molecule has 0 atom stereocenters. The second-order valence-electron chi connectivity index (χ2n) is 10.1. The van der Waals surface area contributed by atoms with E-state index in [0.29, 0.717) is 44.3 Å². The smallest absolute Gasteiger partial charge is 0.341 e. The van der Waals surface area contributed by atoms with Crippen molar-refractivity contribution >= 4 is 80.4 Å². The van der Waals surface area contributed by atoms with E-state index in [0.717, 1.165) is 58.3 Å². The topological polar surface area (TPSA) is 111 Å². The van der Waals surface area contributed by atoms with Crippen molar-refractivity contribution < 1.29 is 33.4 Å². The zero-order chi connectivity index (χ0) is 32.1. The van der Waals surface area contributed by atoms with Crippen LogP contribution in [0.5, 0.6) is 11.5 Å². The van der Waals surface area contributed by atoms with Gasteiger partial charge in [0.05, 0.1) is 23.7 Å². The van der Waals surface area contributed by atoms with E-state index in [4.69, 9.17) is 37.4 Å². The number of carbonyl (C=O) groups excluding carboxylic acids is 4. The molecule has 1 aliphatic heterocycles. The molecule has 1 aromatic heterocycles. The minimum absolute atomic E-state index is 0.163. The van der Waals surface area contributed by atoms with Gasteiger partial charge in [-0.1, -0.05) is 35.3 Å². The molecular weight excluding hydrogens is 659 g/mol. The molecule has 45 heavy (non-hydrogen) atoms. The van der Waals surface area contributed by atoms with E-state index in [-0.39, 0.29) is 18.1 Å². The number of amides is 3. The standard InChI is InChI=1S/C32H30Cl2N2O7S2/c1-3-41-24-13-18(9-12-23(24)43-17-19-10-11-20(33)15-22(19)34)14-26-30(38)36(32(40)45-26)16-27(37)35-29-28(31(39)42-4-2)21-7-5-6-8-25(21)44-29/h9-15H,3-8,16-17H2,1-2H3,(H,35,37)/b26-14+. The van der Waals surface area contributed by atoms with Gasteiger partial charge in [-0.3, -0.25) is 19.3 Å². The fraction of sp³-hybridized carbons (Fsp3) is 0.312. The Kier molecular flexibility index (Phi) is 10.8. The number of hydrogen-bond acceptors (Lipinski definition) is 9. The number of nitrogens with one attached hydrogen (secondary N) is 1. The zero-order valence-electron chi connectivity index (χ0n) is 24.6. The highest BCUT2D eigenvalue weighted by Gasteiger charge is 2.37. The largest absolute Gasteiger partial charge is 0.490 e. The van der Waals surface area contributed by atoms with Crippen molar-refractivity contribution in [3.8, 4) is 11.5 Å². The predicted octanol–water partition coefficient (Wildman–Crippen LogP) is 7.76. The molecule has 5 rings (SSSR count). The van der Waals surface area contributed by atoms with E-state index < -0.39 is 29.6 Å². The molecule has 236 valence electrons. The molecule has 1 saturated heterocycles. The van der Waals surface area contributed by atoms with Gasteiger partial charge in [-0.15, -0.1) is 11.3 Å². The Morgan fingerprint density at radius 3 is 2.56 bits per heavy atom. The number of imide groups is 1. The number of benzene rings is 2. The molecule has 1 N–H and O–H groups in total. The van der Waals surface area contributed by atoms with Crippen LogP contribution in [-0.4, -0.2) is 47.7 Å². The molecule has 0 unspecified atom stereocenters. The molecule has 13 heteroatoms. The van der Waals surface area contributed by atoms with Gasteiger partial charge in [0, 0.05) is 20.5 Å². The molecule has 3 aromatic rings. The third kappa shape index (κ3) is 7.66. The lowest BCUT2D eigenvalue weighted by Gasteiger charge is -2.14. The summed E-state index contributed by atoms with van der Waals surface area (Å²) < 4.78 is 17.0. The van der Waals surface area contributed by atoms with Crippen LogP contribution < -0.4 is 14.8 Å². The van der Waals surface area contributed by atoms with Crippen LogP contribution in [0, 0.1) is 0 Å². The second-order valence-corrected chi connectivity index (χ2v) is 13.1. The maximum atomic E-state index is 13.2. The molecular formula is C32H30Cl2N2O7S2. The first kappa shape index (κ1) is 32.9. The Bertz CT molecular complexity index is 1690. The summed E-state index contributed by atoms with van der Waals surface area (Å²) in [7, 11) is 0. The molecule has 3 amide bonds. The summed E-state index contributed by atoms with van der Waals surface area (Å²) in [5.74, 6) is -0.735. The summed E-state index contributed by atoms with van der Waals surface area (Å²) in [5.41, 5.74) is 2.63. The summed E-state index contributed by atoms with van der Waals surface area (Å²) in [4.78, 5) is 53.9. The number of anilines is 1. The fourth-order valence-electron chi connectivity index (χ4n) is 4.97. The first-order valence-electron chi connectivity index (χ1n) is 14.4. The Balaban J connectivity index is 1.28. The third-order valence-corrected chi connectivity index (χ3v) is 9.74. The van der Waals surface area contributed by atoms with Gasteiger partial charge >= 0.3 is 5.97 Å². The summed E-state index contributed by atoms with van der Waals surface area (Å²) in [6.45, 7) is 3.84. The summed E-state index contributed by atoms with van der Waals surface area (Å²) >= 11 is 14.3. The van der Waals surface area contributed by atoms with E-state index in [9.17, 15) is 19.2 Å². The average Bonchev–Trinajstić information content (AvgIpc) is 3.49. The zero-order valence-corrected chi connectivity index (χ0v) is 27.7. The molecule has 1 fully saturated rings. The van der Waals surface area contributed by atoms with Gasteiger partial charge in [0.1, 0.15) is 18.2 Å². The number of aryl methyl sites for hydroxylation is 1. The summed E-state index contributed by atoms with van der Waals surface area (Å²) in [6, 6.07) is 10.3. The van der Waals surface area contributed by atoms with E-state index in [1.165, 1.54) is 11.3 Å². The van der Waals surface area contributed by atoms with Crippen molar-refractivity contribution in [3.63, 3.8) is 0 Å². The second kappa shape index (κ2) is 14.7. The van der Waals surface area contributed by atoms with Gasteiger partial charge in [-0.25, -0.2) is 4.79 Å². The van der Waals surface area contributed by atoms with Crippen molar-refractivity contribution in [2.75, 3.05) is 25.1 Å². The summed E-state index contributed by atoms with van der Waals surface area (Å²) in [6.07, 6.45) is 5.08. The third-order valence-electron chi connectivity index (χ3n) is 7.04. The van der Waals surface area contributed by atoms with E-state index in [1.807, 2.05) is 6.92 Å². The van der Waals surface area contributed by atoms with Crippen LogP contribution in [0.4, 0.5) is 9.80 Å². The molecule has 0 spiro atoms. The normalized spacial score (nSPS) is 15.3. The molecule has 1 aliphatic carbocycles. The van der Waals surface area contributed by atoms with Gasteiger partial charge in [-0.05, 0) is 92.8 Å². The molecule has 2 aromatic carbocycles. The lowest BCUT2D eigenvalue weighted by molar-refractivity contribution is -0.127. The highest BCUT2D eigenvalue weighted by Crippen LogP contribution is 2.39. The number of nitrogens with zero attached hydrogens (tertiary/aromatic N) is 1. The highest BCUT2D eigenvalue weighted by atomic mass is 35.5. The van der Waals surface area contributed by atoms with Crippen molar-refractivity contribution in [2.24, 2.45) is 0 Å². The van der Waals surface area contributed by atoms with E-state index >= 15 is 0 Å². The SMILES string of the molecule is CCOC(=O)c1c(NC(=O)CN2C(=O)S/C(=C/c3ccc(OCc4ccc(Cl)cc4Cl)c(OCC)c3)C2=O)sc2c1CCCC2. The van der Waals surface area contributed by atoms with E-state index in [1.54, 1.807) is 49.4 Å². The Morgan fingerprint density at radius 2 is 1.80 bits per heavy atom. The van der Waals surface area contributed by atoms with Gasteiger partial charge in [-0.2, -0.15) is 0 Å². The van der Waals surface area contributed by atoms with Gasteiger partial charge in [0.25, 0.3) is 11.1 Å². The number of esters is 1. The minimum atomic E-state index is -0.591. The maximum Gasteiger partial charge on any atom is 0.341 e. The number of carbonyl (C=O) groups is 4. The quantitative estimate of drug-likeness (QED) is 0.161. The van der Waals surface area contributed by atoms with Crippen LogP contribution in [0.25, 0.3) is 6.08 Å². The minimum Gasteiger partial charge on any atom is -0.490 e. The number of rotatable bonds is 11. The average molecular weight is 690 g/mol. The fourth-order valence-corrected chi connectivity index (χ4v) is 7.56. The Hall–Kier alpha value is -3.51. The Morgan fingerprint density at radius 1 is 1.00 bits per heavy atom. The van der Waals surface area contributed by atoms with Crippen LogP contribution in [0.3, 0.4) is 0 Å².